The second kappa shape index (κ2) is 16.0. The van der Waals surface area contributed by atoms with Crippen LogP contribution in [0.4, 0.5) is 8.78 Å². The van der Waals surface area contributed by atoms with Crippen LogP contribution in [0.5, 0.6) is 5.75 Å². The Balaban J connectivity index is 1.82. The molecule has 0 saturated carbocycles. The van der Waals surface area contributed by atoms with Gasteiger partial charge in [-0.05, 0) is 69.4 Å². The molecule has 0 unspecified atom stereocenters. The van der Waals surface area contributed by atoms with Crippen molar-refractivity contribution in [1.29, 1.82) is 0 Å². The predicted octanol–water partition coefficient (Wildman–Crippen LogP) is 7.89. The van der Waals surface area contributed by atoms with Crippen molar-refractivity contribution in [2.45, 2.75) is 122 Å². The predicted molar refractivity (Wildman–Crippen MR) is 173 cm³/mol. The number of hydrogen-bond acceptors (Lipinski definition) is 7. The quantitative estimate of drug-likeness (QED) is 0.162. The van der Waals surface area contributed by atoms with E-state index in [1.165, 1.54) is 12.1 Å². The smallest absolute Gasteiger partial charge is 0.225 e. The summed E-state index contributed by atoms with van der Waals surface area (Å²) in [6, 6.07) is 8.19. The van der Waals surface area contributed by atoms with E-state index in [2.05, 4.69) is 20.8 Å². The topological polar surface area (TPSA) is 75.6 Å². The number of unbranched alkanes of at least 4 members (excludes halogenated alkanes) is 3. The van der Waals surface area contributed by atoms with Crippen LogP contribution < -0.4 is 4.74 Å². The van der Waals surface area contributed by atoms with Crippen LogP contribution in [0.25, 0.3) is 0 Å². The Hall–Kier alpha value is -1.85. The average Bonchev–Trinajstić information content (AvgIpc) is 3.40. The highest BCUT2D eigenvalue weighted by Gasteiger charge is 2.73. The summed E-state index contributed by atoms with van der Waals surface area (Å²) in [6.45, 7) is 13.0. The van der Waals surface area contributed by atoms with Gasteiger partial charge in [-0.15, -0.1) is 0 Å². The number of benzene rings is 2. The van der Waals surface area contributed by atoms with E-state index >= 15 is 4.39 Å². The summed E-state index contributed by atoms with van der Waals surface area (Å²) in [4.78, 5) is 0. The minimum atomic E-state index is -1.50. The molecule has 0 radical (unpaired) electrons. The van der Waals surface area contributed by atoms with Gasteiger partial charge in [0.05, 0.1) is 18.8 Å². The molecular formula is C36H51ClF2O7. The molecule has 2 aliphatic heterocycles. The monoisotopic (exact) mass is 668 g/mol. The van der Waals surface area contributed by atoms with Crippen molar-refractivity contribution in [2.24, 2.45) is 0 Å². The fraction of sp³-hybridized carbons (Fsp3) is 0.667. The van der Waals surface area contributed by atoms with Crippen LogP contribution in [0, 0.1) is 11.6 Å². The molecule has 258 valence electrons. The van der Waals surface area contributed by atoms with E-state index in [0.29, 0.717) is 36.0 Å². The number of ether oxygens (including phenoxy) is 6. The molecule has 5 atom stereocenters. The summed E-state index contributed by atoms with van der Waals surface area (Å²) in [6.07, 6.45) is 3.18. The fourth-order valence-electron chi connectivity index (χ4n) is 6.21. The maximum atomic E-state index is 15.2. The van der Waals surface area contributed by atoms with Crippen LogP contribution in [0.3, 0.4) is 0 Å². The van der Waals surface area contributed by atoms with Gasteiger partial charge in [-0.3, -0.25) is 0 Å². The van der Waals surface area contributed by atoms with Gasteiger partial charge in [0.25, 0.3) is 0 Å². The standard InChI is InChI=1S/C36H51ClF2O7/c1-7-11-18-42-31-32(43-19-12-8-2)35(34(5,6)40)23-45-36(46-35,33(31)44-20-13-9-3)26-15-16-27(37)25(22-26)21-24-14-17-28(41-10-4)30(39)29(24)38/h14-17,22,31-33,40H,7-13,18-21,23H2,1-6H3/t31-,32-,33+,35-,36-/m0/s1. The maximum Gasteiger partial charge on any atom is 0.225 e. The molecular weight excluding hydrogens is 618 g/mol. The van der Waals surface area contributed by atoms with Crippen LogP contribution >= 0.6 is 11.6 Å². The Labute approximate surface area is 277 Å². The van der Waals surface area contributed by atoms with Crippen molar-refractivity contribution in [2.75, 3.05) is 33.0 Å². The van der Waals surface area contributed by atoms with E-state index in [9.17, 15) is 9.50 Å². The molecule has 0 amide bonds. The fourth-order valence-corrected chi connectivity index (χ4v) is 6.39. The van der Waals surface area contributed by atoms with Crippen molar-refractivity contribution < 1.29 is 42.3 Å². The second-order valence-electron chi connectivity index (χ2n) is 12.8. The molecule has 2 aliphatic rings. The van der Waals surface area contributed by atoms with Crippen molar-refractivity contribution >= 4 is 11.6 Å². The number of hydrogen-bond donors (Lipinski definition) is 1. The van der Waals surface area contributed by atoms with E-state index in [4.69, 9.17) is 40.0 Å². The number of fused-ring (bicyclic) bond motifs is 2. The van der Waals surface area contributed by atoms with Gasteiger partial charge in [0.15, 0.2) is 17.2 Å². The summed E-state index contributed by atoms with van der Waals surface area (Å²) in [7, 11) is 0. The van der Waals surface area contributed by atoms with Crippen LogP contribution in [-0.4, -0.2) is 67.7 Å². The van der Waals surface area contributed by atoms with Gasteiger partial charge in [-0.1, -0.05) is 63.8 Å². The molecule has 1 N–H and O–H groups in total. The van der Waals surface area contributed by atoms with E-state index in [-0.39, 0.29) is 30.9 Å². The summed E-state index contributed by atoms with van der Waals surface area (Å²) in [5.74, 6) is -3.68. The molecule has 0 aromatic heterocycles. The lowest BCUT2D eigenvalue weighted by Crippen LogP contribution is -2.72. The van der Waals surface area contributed by atoms with E-state index in [1.807, 2.05) is 0 Å². The number of aliphatic hydroxyl groups is 1. The third-order valence-electron chi connectivity index (χ3n) is 8.96. The van der Waals surface area contributed by atoms with Crippen molar-refractivity contribution in [3.8, 4) is 5.75 Å². The SMILES string of the molecule is CCCCO[C@@H]1[C@@H](OCCCC)[C@@]2(c3ccc(Cl)c(Cc4ccc(OCC)c(F)c4F)c3)OC[C@](C(C)(C)O)(O2)[C@H]1OCCCC. The Morgan fingerprint density at radius 1 is 0.870 bits per heavy atom. The molecule has 2 bridgehead atoms. The third kappa shape index (κ3) is 7.41. The normalized spacial score (nSPS) is 26.1. The van der Waals surface area contributed by atoms with Crippen molar-refractivity contribution in [3.05, 3.63) is 63.7 Å². The van der Waals surface area contributed by atoms with Gasteiger partial charge in [0, 0.05) is 36.8 Å². The molecule has 7 nitrogen and oxygen atoms in total. The molecule has 10 heteroatoms. The minimum absolute atomic E-state index is 0.00902. The zero-order chi connectivity index (χ0) is 33.5. The largest absolute Gasteiger partial charge is 0.491 e. The van der Waals surface area contributed by atoms with E-state index < -0.39 is 46.9 Å². The molecule has 2 fully saturated rings. The van der Waals surface area contributed by atoms with Crippen molar-refractivity contribution in [3.63, 3.8) is 0 Å². The molecule has 46 heavy (non-hydrogen) atoms. The summed E-state index contributed by atoms with van der Waals surface area (Å²) < 4.78 is 68.6. The van der Waals surface area contributed by atoms with Gasteiger partial charge < -0.3 is 33.5 Å². The molecule has 0 aliphatic carbocycles. The van der Waals surface area contributed by atoms with Gasteiger partial charge in [-0.25, -0.2) is 4.39 Å². The summed E-state index contributed by atoms with van der Waals surface area (Å²) in [5, 5.41) is 12.1. The van der Waals surface area contributed by atoms with Gasteiger partial charge >= 0.3 is 0 Å². The van der Waals surface area contributed by atoms with Gasteiger partial charge in [0.1, 0.15) is 18.3 Å². The molecule has 0 spiro atoms. The van der Waals surface area contributed by atoms with Crippen LogP contribution in [0.2, 0.25) is 5.02 Å². The van der Waals surface area contributed by atoms with Crippen LogP contribution in [-0.2, 0) is 35.9 Å². The van der Waals surface area contributed by atoms with Crippen molar-refractivity contribution in [1.82, 2.24) is 0 Å². The van der Waals surface area contributed by atoms with Gasteiger partial charge in [-0.2, -0.15) is 4.39 Å². The summed E-state index contributed by atoms with van der Waals surface area (Å²) in [5.41, 5.74) is -1.46. The first-order valence-corrected chi connectivity index (χ1v) is 17.2. The lowest BCUT2D eigenvalue weighted by Gasteiger charge is -2.54. The highest BCUT2D eigenvalue weighted by molar-refractivity contribution is 6.31. The molecule has 2 saturated heterocycles. The Morgan fingerprint density at radius 3 is 2.11 bits per heavy atom. The van der Waals surface area contributed by atoms with E-state index in [1.54, 1.807) is 39.0 Å². The Bertz CT molecular complexity index is 1290. The zero-order valence-corrected chi connectivity index (χ0v) is 28.9. The highest BCUT2D eigenvalue weighted by Crippen LogP contribution is 2.56. The first-order chi connectivity index (χ1) is 22.0. The maximum absolute atomic E-state index is 15.2. The molecule has 2 heterocycles. The van der Waals surface area contributed by atoms with Gasteiger partial charge in [0.2, 0.25) is 11.6 Å². The Kier molecular flexibility index (Phi) is 12.9. The average molecular weight is 669 g/mol. The molecule has 2 aromatic carbocycles. The third-order valence-corrected chi connectivity index (χ3v) is 9.32. The van der Waals surface area contributed by atoms with Crippen LogP contribution in [0.15, 0.2) is 30.3 Å². The molecule has 4 rings (SSSR count). The lowest BCUT2D eigenvalue weighted by atomic mass is 9.74. The lowest BCUT2D eigenvalue weighted by molar-refractivity contribution is -0.365. The van der Waals surface area contributed by atoms with Crippen LogP contribution in [0.1, 0.15) is 96.8 Å². The molecule has 2 aromatic rings. The number of rotatable bonds is 18. The summed E-state index contributed by atoms with van der Waals surface area (Å²) >= 11 is 6.66. The second-order valence-corrected chi connectivity index (χ2v) is 13.2. The van der Waals surface area contributed by atoms with E-state index in [0.717, 1.165) is 38.5 Å². The number of halogens is 3. The Morgan fingerprint density at radius 2 is 1.50 bits per heavy atom. The first kappa shape index (κ1) is 37.0. The minimum Gasteiger partial charge on any atom is -0.491 e. The first-order valence-electron chi connectivity index (χ1n) is 16.8. The zero-order valence-electron chi connectivity index (χ0n) is 28.1. The highest BCUT2D eigenvalue weighted by atomic mass is 35.5.